The molecule has 5 N–H and O–H groups in total. The van der Waals surface area contributed by atoms with Crippen LogP contribution < -0.4 is 20.5 Å². The molecule has 0 unspecified atom stereocenters. The van der Waals surface area contributed by atoms with Crippen LogP contribution in [0, 0.1) is 5.41 Å². The van der Waals surface area contributed by atoms with Crippen molar-refractivity contribution in [2.24, 2.45) is 5.73 Å². The second-order valence-electron chi connectivity index (χ2n) is 9.32. The number of carbonyl (C=O) groups excluding carboxylic acids is 1. The van der Waals surface area contributed by atoms with E-state index in [2.05, 4.69) is 17.0 Å². The second-order valence-corrected chi connectivity index (χ2v) is 11.0. The summed E-state index contributed by atoms with van der Waals surface area (Å²) in [5.41, 5.74) is 8.25. The summed E-state index contributed by atoms with van der Waals surface area (Å²) in [6, 6.07) is 28.4. The van der Waals surface area contributed by atoms with Gasteiger partial charge in [-0.15, -0.1) is 0 Å². The molecule has 1 amide bonds. The molecule has 8 nitrogen and oxygen atoms in total. The van der Waals surface area contributed by atoms with Crippen molar-refractivity contribution in [2.45, 2.75) is 37.1 Å². The number of hydrogen-bond acceptors (Lipinski definition) is 5. The fraction of sp³-hybridized carbons (Fsp3) is 0.161. The quantitative estimate of drug-likeness (QED) is 0.140. The maximum Gasteiger partial charge on any atom is 0.242 e. The van der Waals surface area contributed by atoms with Gasteiger partial charge in [-0.1, -0.05) is 67.9 Å². The molecule has 4 aromatic rings. The van der Waals surface area contributed by atoms with E-state index in [1.165, 1.54) is 0 Å². The first kappa shape index (κ1) is 28.5. The van der Waals surface area contributed by atoms with E-state index in [4.69, 9.17) is 15.9 Å². The predicted molar refractivity (Wildman–Crippen MR) is 157 cm³/mol. The molecule has 0 fully saturated rings. The van der Waals surface area contributed by atoms with Gasteiger partial charge in [0.1, 0.15) is 23.4 Å². The number of amidine groups is 1. The van der Waals surface area contributed by atoms with E-state index in [1.807, 2.05) is 30.3 Å². The number of benzene rings is 4. The van der Waals surface area contributed by atoms with Crippen molar-refractivity contribution in [2.75, 3.05) is 5.32 Å². The van der Waals surface area contributed by atoms with E-state index in [1.54, 1.807) is 72.8 Å². The maximum atomic E-state index is 13.5. The number of hydrogen-bond donors (Lipinski definition) is 4. The zero-order chi connectivity index (χ0) is 28.5. The molecular weight excluding hydrogens is 524 g/mol. The number of nitrogens with two attached hydrogens (primary N) is 1. The molecule has 0 saturated carbocycles. The zero-order valence-corrected chi connectivity index (χ0v) is 22.9. The van der Waals surface area contributed by atoms with Crippen molar-refractivity contribution in [3.05, 3.63) is 120 Å². The Morgan fingerprint density at radius 2 is 1.57 bits per heavy atom. The van der Waals surface area contributed by atoms with Crippen LogP contribution in [0.1, 0.15) is 30.0 Å². The van der Waals surface area contributed by atoms with Crippen molar-refractivity contribution < 1.29 is 17.9 Å². The Labute approximate surface area is 234 Å². The van der Waals surface area contributed by atoms with Crippen molar-refractivity contribution in [3.63, 3.8) is 0 Å². The number of nitrogen functional groups attached to an aromatic ring is 1. The van der Waals surface area contributed by atoms with E-state index >= 15 is 0 Å². The molecule has 0 aliphatic heterocycles. The number of nitrogens with one attached hydrogen (secondary N) is 3. The molecule has 0 aliphatic rings. The number of anilines is 1. The highest BCUT2D eigenvalue weighted by Gasteiger charge is 2.26. The lowest BCUT2D eigenvalue weighted by molar-refractivity contribution is -0.117. The van der Waals surface area contributed by atoms with Gasteiger partial charge in [0.2, 0.25) is 15.9 Å². The number of sulfonamides is 1. The first-order chi connectivity index (χ1) is 19.2. The lowest BCUT2D eigenvalue weighted by Gasteiger charge is -2.19. The first-order valence-electron chi connectivity index (χ1n) is 12.9. The molecule has 0 spiro atoms. The summed E-state index contributed by atoms with van der Waals surface area (Å²) in [4.78, 5) is 13.6. The van der Waals surface area contributed by atoms with Crippen LogP contribution in [-0.2, 0) is 27.7 Å². The first-order valence-corrected chi connectivity index (χ1v) is 14.4. The Morgan fingerprint density at radius 1 is 0.875 bits per heavy atom. The van der Waals surface area contributed by atoms with Gasteiger partial charge in [0.15, 0.2) is 0 Å². The standard InChI is InChI=1S/C31H32N4O4S/c1-2-8-22-15-17-28(18-16-22)40(37,38)35-29(20-23-9-6-10-24(19-23)30(32)33)31(36)34-25-11-7-14-27(21-25)39-26-12-4-3-5-13-26/h3-7,9-19,21,29,35H,2,8,20H2,1H3,(H3,32,33)(H,34,36)/t29-/m0/s1. The van der Waals surface area contributed by atoms with Crippen LogP contribution in [-0.4, -0.2) is 26.2 Å². The van der Waals surface area contributed by atoms with Crippen molar-refractivity contribution in [1.82, 2.24) is 4.72 Å². The van der Waals surface area contributed by atoms with Crippen LogP contribution >= 0.6 is 0 Å². The van der Waals surface area contributed by atoms with Gasteiger partial charge in [0.05, 0.1) is 4.90 Å². The number of ether oxygens (including phenoxy) is 1. The van der Waals surface area contributed by atoms with E-state index in [0.29, 0.717) is 28.3 Å². The van der Waals surface area contributed by atoms with Crippen LogP contribution in [0.2, 0.25) is 0 Å². The summed E-state index contributed by atoms with van der Waals surface area (Å²) in [6.07, 6.45) is 1.84. The predicted octanol–water partition coefficient (Wildman–Crippen LogP) is 5.24. The Bertz CT molecular complexity index is 1570. The van der Waals surface area contributed by atoms with Crippen LogP contribution in [0.4, 0.5) is 5.69 Å². The summed E-state index contributed by atoms with van der Waals surface area (Å²) in [7, 11) is -4.03. The maximum absolute atomic E-state index is 13.5. The minimum atomic E-state index is -4.03. The smallest absolute Gasteiger partial charge is 0.242 e. The van der Waals surface area contributed by atoms with E-state index < -0.39 is 22.0 Å². The minimum Gasteiger partial charge on any atom is -0.457 e. The molecule has 0 aliphatic carbocycles. The molecule has 206 valence electrons. The van der Waals surface area contributed by atoms with Crippen LogP contribution in [0.25, 0.3) is 0 Å². The molecule has 0 saturated heterocycles. The zero-order valence-electron chi connectivity index (χ0n) is 22.1. The van der Waals surface area contributed by atoms with Gasteiger partial charge >= 0.3 is 0 Å². The molecule has 0 heterocycles. The van der Waals surface area contributed by atoms with Gasteiger partial charge in [0, 0.05) is 17.3 Å². The SMILES string of the molecule is CCCc1ccc(S(=O)(=O)N[C@@H](Cc2cccc(C(=N)N)c2)C(=O)Nc2cccc(Oc3ccccc3)c2)cc1. The number of rotatable bonds is 12. The Kier molecular flexibility index (Phi) is 9.31. The second kappa shape index (κ2) is 13.1. The lowest BCUT2D eigenvalue weighted by Crippen LogP contribution is -2.45. The molecule has 0 bridgehead atoms. The Hall–Kier alpha value is -4.47. The summed E-state index contributed by atoms with van der Waals surface area (Å²) in [5, 5.41) is 10.5. The number of para-hydroxylation sites is 1. The number of amides is 1. The molecule has 9 heteroatoms. The van der Waals surface area contributed by atoms with Gasteiger partial charge in [-0.3, -0.25) is 10.2 Å². The molecule has 4 aromatic carbocycles. The highest BCUT2D eigenvalue weighted by Crippen LogP contribution is 2.24. The van der Waals surface area contributed by atoms with Gasteiger partial charge in [-0.25, -0.2) is 8.42 Å². The fourth-order valence-electron chi connectivity index (χ4n) is 4.16. The number of carbonyl (C=O) groups is 1. The van der Waals surface area contributed by atoms with Crippen LogP contribution in [0.3, 0.4) is 0 Å². The highest BCUT2D eigenvalue weighted by molar-refractivity contribution is 7.89. The molecular formula is C31H32N4O4S. The molecule has 4 rings (SSSR count). The molecule has 40 heavy (non-hydrogen) atoms. The highest BCUT2D eigenvalue weighted by atomic mass is 32.2. The van der Waals surface area contributed by atoms with Gasteiger partial charge in [0.25, 0.3) is 0 Å². The minimum absolute atomic E-state index is 0.0420. The van der Waals surface area contributed by atoms with Crippen LogP contribution in [0.15, 0.2) is 108 Å². The van der Waals surface area contributed by atoms with E-state index in [9.17, 15) is 13.2 Å². The average Bonchev–Trinajstić information content (AvgIpc) is 2.94. The molecule has 0 aromatic heterocycles. The fourth-order valence-corrected chi connectivity index (χ4v) is 5.36. The van der Waals surface area contributed by atoms with E-state index in [-0.39, 0.29) is 17.2 Å². The summed E-state index contributed by atoms with van der Waals surface area (Å²) >= 11 is 0. The van der Waals surface area contributed by atoms with E-state index in [0.717, 1.165) is 18.4 Å². The van der Waals surface area contributed by atoms with Crippen molar-refractivity contribution in [1.29, 1.82) is 5.41 Å². The van der Waals surface area contributed by atoms with Crippen LogP contribution in [0.5, 0.6) is 11.5 Å². The van der Waals surface area contributed by atoms with Gasteiger partial charge < -0.3 is 15.8 Å². The third kappa shape index (κ3) is 7.78. The molecule has 1 atom stereocenters. The van der Waals surface area contributed by atoms with Gasteiger partial charge in [-0.2, -0.15) is 4.72 Å². The normalized spacial score (nSPS) is 11.9. The third-order valence-corrected chi connectivity index (χ3v) is 7.63. The van der Waals surface area contributed by atoms with Crippen molar-refractivity contribution in [3.8, 4) is 11.5 Å². The van der Waals surface area contributed by atoms with Crippen molar-refractivity contribution >= 4 is 27.5 Å². The largest absolute Gasteiger partial charge is 0.457 e. The summed E-state index contributed by atoms with van der Waals surface area (Å²) < 4.78 is 35.1. The Balaban J connectivity index is 1.58. The number of aryl methyl sites for hydroxylation is 1. The van der Waals surface area contributed by atoms with Gasteiger partial charge in [-0.05, 0) is 66.4 Å². The lowest BCUT2D eigenvalue weighted by atomic mass is 10.0. The third-order valence-electron chi connectivity index (χ3n) is 6.14. The Morgan fingerprint density at radius 3 is 2.27 bits per heavy atom. The molecule has 0 radical (unpaired) electrons. The monoisotopic (exact) mass is 556 g/mol. The topological polar surface area (TPSA) is 134 Å². The summed E-state index contributed by atoms with van der Waals surface area (Å²) in [5.74, 6) is 0.497. The summed E-state index contributed by atoms with van der Waals surface area (Å²) in [6.45, 7) is 2.06. The average molecular weight is 557 g/mol.